The summed E-state index contributed by atoms with van der Waals surface area (Å²) in [7, 11) is 1.31. The topological polar surface area (TPSA) is 111 Å². The van der Waals surface area contributed by atoms with E-state index in [9.17, 15) is 19.7 Å². The summed E-state index contributed by atoms with van der Waals surface area (Å²) in [5.74, 6) is -0.426. The summed E-state index contributed by atoms with van der Waals surface area (Å²) < 4.78 is 4.60. The van der Waals surface area contributed by atoms with Gasteiger partial charge >= 0.3 is 12.0 Å². The van der Waals surface area contributed by atoms with Crippen LogP contribution in [0.1, 0.15) is 15.9 Å². The molecule has 24 heavy (non-hydrogen) atoms. The number of non-ortho nitro benzene ring substituents is 1. The maximum Gasteiger partial charge on any atom is 0.337 e. The molecule has 2 rings (SSSR count). The monoisotopic (exact) mass is 329 g/mol. The third-order valence-electron chi connectivity index (χ3n) is 3.16. The van der Waals surface area contributed by atoms with Gasteiger partial charge in [-0.3, -0.25) is 10.1 Å². The van der Waals surface area contributed by atoms with E-state index in [1.165, 1.54) is 31.4 Å². The predicted molar refractivity (Wildman–Crippen MR) is 86.7 cm³/mol. The number of hydrogen-bond donors (Lipinski definition) is 2. The smallest absolute Gasteiger partial charge is 0.337 e. The van der Waals surface area contributed by atoms with Gasteiger partial charge in [0, 0.05) is 24.4 Å². The summed E-state index contributed by atoms with van der Waals surface area (Å²) in [5.41, 5.74) is 1.63. The number of anilines is 1. The van der Waals surface area contributed by atoms with Crippen LogP contribution in [0.15, 0.2) is 48.5 Å². The number of methoxy groups -OCH3 is 1. The van der Waals surface area contributed by atoms with Crippen molar-refractivity contribution in [2.24, 2.45) is 0 Å². The van der Waals surface area contributed by atoms with Crippen molar-refractivity contribution in [3.63, 3.8) is 0 Å². The number of carbonyl (C=O) groups excluding carboxylic acids is 2. The molecule has 8 heteroatoms. The number of ether oxygens (including phenoxy) is 1. The fourth-order valence-corrected chi connectivity index (χ4v) is 1.90. The highest BCUT2D eigenvalue weighted by Gasteiger charge is 2.07. The zero-order valence-corrected chi connectivity index (χ0v) is 12.8. The van der Waals surface area contributed by atoms with Gasteiger partial charge in [-0.25, -0.2) is 9.59 Å². The normalized spacial score (nSPS) is 9.88. The highest BCUT2D eigenvalue weighted by molar-refractivity contribution is 5.90. The van der Waals surface area contributed by atoms with Gasteiger partial charge in [-0.05, 0) is 29.8 Å². The number of benzene rings is 2. The molecule has 2 aromatic carbocycles. The second kappa shape index (κ2) is 7.73. The molecule has 0 atom stereocenters. The summed E-state index contributed by atoms with van der Waals surface area (Å²) in [6.45, 7) is 0.264. The van der Waals surface area contributed by atoms with Crippen LogP contribution in [-0.2, 0) is 11.3 Å². The number of amides is 2. The standard InChI is InChI=1S/C16H15N3O5/c1-24-15(20)12-4-2-11(3-5-12)10-17-16(21)18-13-6-8-14(9-7-13)19(22)23/h2-9H,10H2,1H3,(H2,17,18,21). The third-order valence-corrected chi connectivity index (χ3v) is 3.16. The molecule has 0 saturated heterocycles. The summed E-state index contributed by atoms with van der Waals surface area (Å²) >= 11 is 0. The number of rotatable bonds is 5. The maximum absolute atomic E-state index is 11.8. The second-order valence-electron chi connectivity index (χ2n) is 4.80. The van der Waals surface area contributed by atoms with Gasteiger partial charge in [0.25, 0.3) is 5.69 Å². The van der Waals surface area contributed by atoms with Gasteiger partial charge in [-0.1, -0.05) is 12.1 Å². The van der Waals surface area contributed by atoms with E-state index in [0.717, 1.165) is 5.56 Å². The van der Waals surface area contributed by atoms with E-state index in [2.05, 4.69) is 15.4 Å². The van der Waals surface area contributed by atoms with Crippen LogP contribution < -0.4 is 10.6 Å². The largest absolute Gasteiger partial charge is 0.465 e. The Morgan fingerprint density at radius 1 is 1.08 bits per heavy atom. The number of nitrogens with zero attached hydrogens (tertiary/aromatic N) is 1. The van der Waals surface area contributed by atoms with Crippen molar-refractivity contribution in [1.29, 1.82) is 0 Å². The SMILES string of the molecule is COC(=O)c1ccc(CNC(=O)Nc2ccc([N+](=O)[O-])cc2)cc1. The summed E-state index contributed by atoms with van der Waals surface area (Å²) in [4.78, 5) is 33.2. The van der Waals surface area contributed by atoms with Crippen LogP contribution in [0.3, 0.4) is 0 Å². The van der Waals surface area contributed by atoms with Crippen molar-refractivity contribution >= 4 is 23.4 Å². The minimum absolute atomic E-state index is 0.0494. The molecular formula is C16H15N3O5. The van der Waals surface area contributed by atoms with Crippen molar-refractivity contribution in [2.45, 2.75) is 6.54 Å². The average molecular weight is 329 g/mol. The number of carbonyl (C=O) groups is 2. The molecule has 0 aliphatic carbocycles. The average Bonchev–Trinajstić information content (AvgIpc) is 2.60. The molecule has 0 aromatic heterocycles. The first-order valence-corrected chi connectivity index (χ1v) is 6.96. The van der Waals surface area contributed by atoms with Gasteiger partial charge in [-0.15, -0.1) is 0 Å². The first kappa shape index (κ1) is 16.9. The van der Waals surface area contributed by atoms with E-state index in [1.807, 2.05) is 0 Å². The maximum atomic E-state index is 11.8. The van der Waals surface area contributed by atoms with Crippen LogP contribution in [0.25, 0.3) is 0 Å². The van der Waals surface area contributed by atoms with E-state index in [0.29, 0.717) is 11.3 Å². The van der Waals surface area contributed by atoms with Gasteiger partial charge in [0.2, 0.25) is 0 Å². The van der Waals surface area contributed by atoms with E-state index in [-0.39, 0.29) is 12.2 Å². The quantitative estimate of drug-likeness (QED) is 0.498. The van der Waals surface area contributed by atoms with E-state index < -0.39 is 16.9 Å². The zero-order valence-electron chi connectivity index (χ0n) is 12.8. The number of nitrogens with one attached hydrogen (secondary N) is 2. The van der Waals surface area contributed by atoms with Crippen LogP contribution in [-0.4, -0.2) is 24.0 Å². The van der Waals surface area contributed by atoms with Gasteiger partial charge in [0.1, 0.15) is 0 Å². The highest BCUT2D eigenvalue weighted by atomic mass is 16.6. The lowest BCUT2D eigenvalue weighted by atomic mass is 10.1. The van der Waals surface area contributed by atoms with E-state index >= 15 is 0 Å². The molecule has 0 unspecified atom stereocenters. The lowest BCUT2D eigenvalue weighted by molar-refractivity contribution is -0.384. The summed E-state index contributed by atoms with van der Waals surface area (Å²) in [6.07, 6.45) is 0. The molecular weight excluding hydrogens is 314 g/mol. The van der Waals surface area contributed by atoms with Crippen LogP contribution in [0.2, 0.25) is 0 Å². The van der Waals surface area contributed by atoms with Crippen molar-refractivity contribution in [1.82, 2.24) is 5.32 Å². The van der Waals surface area contributed by atoms with Crippen molar-refractivity contribution in [3.05, 3.63) is 69.8 Å². The first-order chi connectivity index (χ1) is 11.5. The fourth-order valence-electron chi connectivity index (χ4n) is 1.90. The Morgan fingerprint density at radius 2 is 1.71 bits per heavy atom. The number of hydrogen-bond acceptors (Lipinski definition) is 5. The Labute approximate surface area is 137 Å². The Hall–Kier alpha value is -3.42. The molecule has 0 fully saturated rings. The Morgan fingerprint density at radius 3 is 2.25 bits per heavy atom. The second-order valence-corrected chi connectivity index (χ2v) is 4.80. The molecule has 124 valence electrons. The highest BCUT2D eigenvalue weighted by Crippen LogP contribution is 2.15. The molecule has 2 amide bonds. The van der Waals surface area contributed by atoms with Crippen molar-refractivity contribution < 1.29 is 19.2 Å². The third kappa shape index (κ3) is 4.54. The molecule has 0 heterocycles. The van der Waals surface area contributed by atoms with E-state index in [4.69, 9.17) is 0 Å². The Balaban J connectivity index is 1.86. The van der Waals surface area contributed by atoms with Gasteiger partial charge < -0.3 is 15.4 Å². The predicted octanol–water partition coefficient (Wildman–Crippen LogP) is 2.70. The summed E-state index contributed by atoms with van der Waals surface area (Å²) in [6, 6.07) is 11.7. The lowest BCUT2D eigenvalue weighted by Gasteiger charge is -2.08. The van der Waals surface area contributed by atoms with Crippen LogP contribution in [0.4, 0.5) is 16.2 Å². The minimum atomic E-state index is -0.512. The van der Waals surface area contributed by atoms with Crippen LogP contribution >= 0.6 is 0 Å². The van der Waals surface area contributed by atoms with Crippen LogP contribution in [0.5, 0.6) is 0 Å². The molecule has 0 bridgehead atoms. The zero-order chi connectivity index (χ0) is 17.5. The molecule has 2 N–H and O–H groups in total. The molecule has 0 radical (unpaired) electrons. The minimum Gasteiger partial charge on any atom is -0.465 e. The van der Waals surface area contributed by atoms with Crippen molar-refractivity contribution in [3.8, 4) is 0 Å². The lowest BCUT2D eigenvalue weighted by Crippen LogP contribution is -2.28. The molecule has 8 nitrogen and oxygen atoms in total. The molecule has 0 spiro atoms. The van der Waals surface area contributed by atoms with Gasteiger partial charge in [-0.2, -0.15) is 0 Å². The fraction of sp³-hybridized carbons (Fsp3) is 0.125. The van der Waals surface area contributed by atoms with Gasteiger partial charge in [0.15, 0.2) is 0 Å². The Bertz CT molecular complexity index is 741. The first-order valence-electron chi connectivity index (χ1n) is 6.96. The molecule has 0 aliphatic heterocycles. The Kier molecular flexibility index (Phi) is 5.45. The number of nitro benzene ring substituents is 1. The molecule has 0 aliphatic rings. The van der Waals surface area contributed by atoms with Crippen molar-refractivity contribution in [2.75, 3.05) is 12.4 Å². The number of nitro groups is 1. The molecule has 0 saturated carbocycles. The molecule has 2 aromatic rings. The number of esters is 1. The number of urea groups is 1. The van der Waals surface area contributed by atoms with Gasteiger partial charge in [0.05, 0.1) is 17.6 Å². The van der Waals surface area contributed by atoms with E-state index in [1.54, 1.807) is 24.3 Å². The van der Waals surface area contributed by atoms with Crippen LogP contribution in [0, 0.1) is 10.1 Å². The summed E-state index contributed by atoms with van der Waals surface area (Å²) in [5, 5.41) is 15.8.